The van der Waals surface area contributed by atoms with Crippen LogP contribution >= 0.6 is 0 Å². The number of aromatic nitrogens is 3. The lowest BCUT2D eigenvalue weighted by Crippen LogP contribution is -2.47. The molecule has 5 rings (SSSR count). The SMILES string of the molecule is Cn1cc(-n2ncc3cc(N4C(c5ccccc5)[C@@H](NC(=O)C(C)(F)F)CS4(=O)=O)ccc32)ccc1=O. The molecule has 2 aromatic heterocycles. The Morgan fingerprint density at radius 3 is 2.46 bits per heavy atom. The van der Waals surface area contributed by atoms with Crippen molar-refractivity contribution in [1.29, 1.82) is 0 Å². The third-order valence-corrected chi connectivity index (χ3v) is 8.12. The number of carbonyl (C=O) groups excluding carboxylic acids is 1. The molecule has 1 saturated heterocycles. The molecule has 1 aliphatic heterocycles. The minimum atomic E-state index is -3.99. The molecule has 1 unspecified atom stereocenters. The van der Waals surface area contributed by atoms with Gasteiger partial charge in [-0.15, -0.1) is 0 Å². The van der Waals surface area contributed by atoms with Crippen molar-refractivity contribution in [2.75, 3.05) is 10.1 Å². The summed E-state index contributed by atoms with van der Waals surface area (Å²) in [5.41, 5.74) is 2.00. The smallest absolute Gasteiger partial charge is 0.321 e. The summed E-state index contributed by atoms with van der Waals surface area (Å²) in [7, 11) is -2.37. The number of pyridine rings is 1. The molecule has 0 radical (unpaired) electrons. The van der Waals surface area contributed by atoms with E-state index in [1.807, 2.05) is 0 Å². The van der Waals surface area contributed by atoms with Crippen LogP contribution in [0.25, 0.3) is 16.6 Å². The van der Waals surface area contributed by atoms with E-state index in [9.17, 15) is 26.8 Å². The lowest BCUT2D eigenvalue weighted by atomic mass is 9.99. The quantitative estimate of drug-likeness (QED) is 0.430. The molecule has 0 aliphatic carbocycles. The van der Waals surface area contributed by atoms with E-state index in [1.54, 1.807) is 78.7 Å². The number of nitrogens with one attached hydrogen (secondary N) is 1. The molecule has 2 aromatic carbocycles. The topological polar surface area (TPSA) is 106 Å². The number of alkyl halides is 2. The van der Waals surface area contributed by atoms with Crippen molar-refractivity contribution in [2.24, 2.45) is 7.05 Å². The van der Waals surface area contributed by atoms with E-state index in [0.29, 0.717) is 34.8 Å². The summed E-state index contributed by atoms with van der Waals surface area (Å²) in [6.45, 7) is 0.470. The second kappa shape index (κ2) is 8.80. The van der Waals surface area contributed by atoms with E-state index in [0.717, 1.165) is 0 Å². The lowest BCUT2D eigenvalue weighted by molar-refractivity contribution is -0.143. The number of sulfonamides is 1. The van der Waals surface area contributed by atoms with Crippen LogP contribution in [0, 0.1) is 0 Å². The average Bonchev–Trinajstić information content (AvgIpc) is 3.37. The first-order valence-electron chi connectivity index (χ1n) is 11.4. The zero-order valence-corrected chi connectivity index (χ0v) is 20.7. The monoisotopic (exact) mass is 527 g/mol. The van der Waals surface area contributed by atoms with Gasteiger partial charge >= 0.3 is 5.92 Å². The molecule has 0 saturated carbocycles. The number of benzene rings is 2. The van der Waals surface area contributed by atoms with Crippen molar-refractivity contribution in [1.82, 2.24) is 19.7 Å². The van der Waals surface area contributed by atoms with Crippen LogP contribution in [0.5, 0.6) is 0 Å². The Bertz CT molecular complexity index is 1660. The highest BCUT2D eigenvalue weighted by molar-refractivity contribution is 7.93. The summed E-state index contributed by atoms with van der Waals surface area (Å²) >= 11 is 0. The van der Waals surface area contributed by atoms with Gasteiger partial charge in [0.25, 0.3) is 5.91 Å². The predicted octanol–water partition coefficient (Wildman–Crippen LogP) is 2.76. The standard InChI is InChI=1S/C25H23F2N5O4S/c1-25(26,27)24(34)29-20-15-37(35,36)32(23(20)16-6-4-3-5-7-16)18-8-10-21-17(12-18)13-28-31(21)19-9-11-22(33)30(2)14-19/h3-14,20,23H,15H2,1-2H3,(H,29,34)/t20-,23?/m0/s1. The van der Waals surface area contributed by atoms with Crippen LogP contribution < -0.4 is 15.2 Å². The molecule has 1 amide bonds. The van der Waals surface area contributed by atoms with Crippen LogP contribution in [0.1, 0.15) is 18.5 Å². The van der Waals surface area contributed by atoms with E-state index in [2.05, 4.69) is 10.4 Å². The minimum Gasteiger partial charge on any atom is -0.345 e. The molecule has 192 valence electrons. The summed E-state index contributed by atoms with van der Waals surface area (Å²) in [4.78, 5) is 23.9. The van der Waals surface area contributed by atoms with Gasteiger partial charge in [0.15, 0.2) is 0 Å². The zero-order valence-electron chi connectivity index (χ0n) is 19.9. The second-order valence-corrected chi connectivity index (χ2v) is 10.9. The van der Waals surface area contributed by atoms with Crippen molar-refractivity contribution < 1.29 is 22.0 Å². The van der Waals surface area contributed by atoms with Gasteiger partial charge in [-0.2, -0.15) is 13.9 Å². The molecule has 9 nitrogen and oxygen atoms in total. The molecular formula is C25H23F2N5O4S. The van der Waals surface area contributed by atoms with Crippen LogP contribution in [0.4, 0.5) is 14.5 Å². The van der Waals surface area contributed by atoms with Crippen molar-refractivity contribution in [3.05, 3.63) is 89.0 Å². The zero-order chi connectivity index (χ0) is 26.5. The number of fused-ring (bicyclic) bond motifs is 1. The van der Waals surface area contributed by atoms with Gasteiger partial charge in [0, 0.05) is 31.6 Å². The third kappa shape index (κ3) is 4.48. The van der Waals surface area contributed by atoms with Gasteiger partial charge in [-0.1, -0.05) is 30.3 Å². The average molecular weight is 528 g/mol. The highest BCUT2D eigenvalue weighted by Gasteiger charge is 2.48. The van der Waals surface area contributed by atoms with Crippen LogP contribution in [0.3, 0.4) is 0 Å². The number of aryl methyl sites for hydroxylation is 1. The Balaban J connectivity index is 1.59. The van der Waals surface area contributed by atoms with Crippen molar-refractivity contribution in [3.8, 4) is 5.69 Å². The summed E-state index contributed by atoms with van der Waals surface area (Å²) in [6, 6.07) is 14.5. The Morgan fingerprint density at radius 2 is 1.78 bits per heavy atom. The third-order valence-electron chi connectivity index (χ3n) is 6.30. The number of amides is 1. The van der Waals surface area contributed by atoms with Gasteiger partial charge in [0.05, 0.1) is 40.9 Å². The van der Waals surface area contributed by atoms with E-state index in [4.69, 9.17) is 0 Å². The summed E-state index contributed by atoms with van der Waals surface area (Å²) in [5.74, 6) is -5.74. The predicted molar refractivity (Wildman–Crippen MR) is 134 cm³/mol. The normalized spacial score (nSPS) is 19.3. The van der Waals surface area contributed by atoms with Crippen molar-refractivity contribution in [2.45, 2.75) is 24.9 Å². The molecule has 4 aromatic rings. The number of halogens is 2. The van der Waals surface area contributed by atoms with E-state index in [-0.39, 0.29) is 5.56 Å². The van der Waals surface area contributed by atoms with Gasteiger partial charge in [-0.05, 0) is 29.8 Å². The number of rotatable bonds is 5. The Kier molecular flexibility index (Phi) is 5.86. The van der Waals surface area contributed by atoms with Crippen LogP contribution in [-0.2, 0) is 21.9 Å². The highest BCUT2D eigenvalue weighted by atomic mass is 32.2. The maximum Gasteiger partial charge on any atom is 0.321 e. The number of hydrogen-bond donors (Lipinski definition) is 1. The summed E-state index contributed by atoms with van der Waals surface area (Å²) < 4.78 is 58.3. The molecule has 1 fully saturated rings. The largest absolute Gasteiger partial charge is 0.345 e. The van der Waals surface area contributed by atoms with Gasteiger partial charge in [-0.3, -0.25) is 13.9 Å². The Hall–Kier alpha value is -4.06. The number of anilines is 1. The van der Waals surface area contributed by atoms with E-state index >= 15 is 0 Å². The lowest BCUT2D eigenvalue weighted by Gasteiger charge is -2.29. The van der Waals surface area contributed by atoms with Gasteiger partial charge in [-0.25, -0.2) is 13.1 Å². The van der Waals surface area contributed by atoms with Gasteiger partial charge in [0.2, 0.25) is 15.6 Å². The molecular weight excluding hydrogens is 504 g/mol. The molecule has 3 heterocycles. The maximum atomic E-state index is 13.7. The number of carbonyl (C=O) groups is 1. The molecule has 0 spiro atoms. The van der Waals surface area contributed by atoms with Crippen molar-refractivity contribution >= 4 is 32.5 Å². The first kappa shape index (κ1) is 24.6. The van der Waals surface area contributed by atoms with E-state index < -0.39 is 39.7 Å². The number of nitrogens with zero attached hydrogens (tertiary/aromatic N) is 4. The molecule has 2 atom stereocenters. The second-order valence-electron chi connectivity index (χ2n) is 9.03. The summed E-state index contributed by atoms with van der Waals surface area (Å²) in [6.07, 6.45) is 3.21. The van der Waals surface area contributed by atoms with Gasteiger partial charge < -0.3 is 9.88 Å². The fourth-order valence-electron chi connectivity index (χ4n) is 4.56. The van der Waals surface area contributed by atoms with Crippen LogP contribution in [0.15, 0.2) is 77.9 Å². The highest BCUT2D eigenvalue weighted by Crippen LogP contribution is 2.40. The Labute approximate surface area is 211 Å². The number of hydrogen-bond acceptors (Lipinski definition) is 5. The fraction of sp³-hybridized carbons (Fsp3) is 0.240. The summed E-state index contributed by atoms with van der Waals surface area (Å²) in [5, 5.41) is 7.26. The molecule has 0 bridgehead atoms. The fourth-order valence-corrected chi connectivity index (χ4v) is 6.49. The molecule has 37 heavy (non-hydrogen) atoms. The van der Waals surface area contributed by atoms with Crippen LogP contribution in [-0.4, -0.2) is 46.4 Å². The maximum absolute atomic E-state index is 13.7. The Morgan fingerprint density at radius 1 is 1.08 bits per heavy atom. The molecule has 1 N–H and O–H groups in total. The first-order valence-corrected chi connectivity index (χ1v) is 13.0. The first-order chi connectivity index (χ1) is 17.5. The van der Waals surface area contributed by atoms with E-state index in [1.165, 1.54) is 14.9 Å². The van der Waals surface area contributed by atoms with Crippen molar-refractivity contribution in [3.63, 3.8) is 0 Å². The van der Waals surface area contributed by atoms with Gasteiger partial charge in [0.1, 0.15) is 0 Å². The van der Waals surface area contributed by atoms with Crippen LogP contribution in [0.2, 0.25) is 0 Å². The minimum absolute atomic E-state index is 0.170. The molecule has 12 heteroatoms. The molecule has 1 aliphatic rings.